The van der Waals surface area contributed by atoms with Crippen LogP contribution in [0.15, 0.2) is 6.07 Å². The van der Waals surface area contributed by atoms with Gasteiger partial charge in [-0.25, -0.2) is 9.97 Å². The lowest BCUT2D eigenvalue weighted by Gasteiger charge is -2.31. The number of nitrogens with one attached hydrogen (secondary N) is 1. The Labute approximate surface area is 122 Å². The third-order valence-electron chi connectivity index (χ3n) is 4.44. The fourth-order valence-corrected chi connectivity index (χ4v) is 3.14. The Morgan fingerprint density at radius 3 is 2.60 bits per heavy atom. The van der Waals surface area contributed by atoms with Gasteiger partial charge in [-0.05, 0) is 45.7 Å². The fourth-order valence-electron chi connectivity index (χ4n) is 3.14. The summed E-state index contributed by atoms with van der Waals surface area (Å²) in [4.78, 5) is 11.7. The molecule has 1 N–H and O–H groups in total. The number of rotatable bonds is 5. The molecule has 1 aromatic heterocycles. The predicted molar refractivity (Wildman–Crippen MR) is 82.0 cm³/mol. The summed E-state index contributed by atoms with van der Waals surface area (Å²) in [5.74, 6) is 1.96. The number of likely N-dealkylation sites (tertiary alicyclic amines) is 1. The molecule has 2 heterocycles. The minimum atomic E-state index is 0.281. The zero-order valence-corrected chi connectivity index (χ0v) is 12.8. The number of hydrogen-bond donors (Lipinski definition) is 1. The summed E-state index contributed by atoms with van der Waals surface area (Å²) >= 11 is 0. The second kappa shape index (κ2) is 5.68. The van der Waals surface area contributed by atoms with Crippen LogP contribution < -0.4 is 5.32 Å². The average molecular weight is 274 g/mol. The molecule has 20 heavy (non-hydrogen) atoms. The van der Waals surface area contributed by atoms with Gasteiger partial charge in [-0.3, -0.25) is 0 Å². The number of aryl methyl sites for hydroxylation is 2. The molecular weight excluding hydrogens is 248 g/mol. The summed E-state index contributed by atoms with van der Waals surface area (Å²) in [6, 6.07) is 2.08. The van der Waals surface area contributed by atoms with Gasteiger partial charge in [0.1, 0.15) is 11.6 Å². The van der Waals surface area contributed by atoms with Crippen LogP contribution in [-0.4, -0.2) is 40.0 Å². The molecule has 1 aliphatic carbocycles. The summed E-state index contributed by atoms with van der Waals surface area (Å²) in [7, 11) is 0. The van der Waals surface area contributed by atoms with Crippen LogP contribution >= 0.6 is 0 Å². The highest BCUT2D eigenvalue weighted by atomic mass is 15.2. The molecule has 0 radical (unpaired) electrons. The van der Waals surface area contributed by atoms with Crippen molar-refractivity contribution in [3.05, 3.63) is 17.6 Å². The lowest BCUT2D eigenvalue weighted by molar-refractivity contribution is 0.215. The van der Waals surface area contributed by atoms with Crippen LogP contribution in [0.25, 0.3) is 0 Å². The summed E-state index contributed by atoms with van der Waals surface area (Å²) in [5.41, 5.74) is 1.34. The van der Waals surface area contributed by atoms with Crippen molar-refractivity contribution in [2.24, 2.45) is 0 Å². The van der Waals surface area contributed by atoms with Crippen molar-refractivity contribution in [3.63, 3.8) is 0 Å². The van der Waals surface area contributed by atoms with Crippen LogP contribution in [-0.2, 0) is 6.42 Å². The molecule has 4 nitrogen and oxygen atoms in total. The Bertz CT molecular complexity index is 462. The fraction of sp³-hybridized carbons (Fsp3) is 0.750. The number of hydrogen-bond acceptors (Lipinski definition) is 4. The van der Waals surface area contributed by atoms with Crippen molar-refractivity contribution < 1.29 is 0 Å². The summed E-state index contributed by atoms with van der Waals surface area (Å²) in [6.07, 6.45) is 7.57. The smallest absolute Gasteiger partial charge is 0.130 e. The maximum absolute atomic E-state index is 4.63. The molecule has 2 aliphatic rings. The highest BCUT2D eigenvalue weighted by Gasteiger charge is 2.44. The van der Waals surface area contributed by atoms with Gasteiger partial charge in [0.05, 0.1) is 5.54 Å². The molecule has 1 aromatic rings. The molecular formula is C16H26N4. The van der Waals surface area contributed by atoms with Gasteiger partial charge in [-0.1, -0.05) is 13.3 Å². The van der Waals surface area contributed by atoms with Crippen LogP contribution in [0.3, 0.4) is 0 Å². The van der Waals surface area contributed by atoms with Crippen LogP contribution in [0.1, 0.15) is 50.5 Å². The quantitative estimate of drug-likeness (QED) is 0.896. The van der Waals surface area contributed by atoms with E-state index in [1.165, 1.54) is 51.7 Å². The SMILES string of the molecule is CCc1nc(C)cc(NC2(CN3CCCCC3)CC2)n1. The molecule has 110 valence electrons. The molecule has 1 saturated heterocycles. The molecule has 2 fully saturated rings. The van der Waals surface area contributed by atoms with Crippen molar-refractivity contribution in [1.29, 1.82) is 0 Å². The minimum Gasteiger partial charge on any atom is -0.363 e. The predicted octanol–water partition coefficient (Wildman–Crippen LogP) is 2.78. The molecule has 4 heteroatoms. The first-order valence-corrected chi connectivity index (χ1v) is 8.04. The first-order chi connectivity index (χ1) is 9.69. The van der Waals surface area contributed by atoms with Crippen molar-refractivity contribution in [2.75, 3.05) is 25.0 Å². The second-order valence-electron chi connectivity index (χ2n) is 6.41. The molecule has 3 rings (SSSR count). The largest absolute Gasteiger partial charge is 0.363 e. The van der Waals surface area contributed by atoms with Gasteiger partial charge in [-0.2, -0.15) is 0 Å². The number of nitrogens with zero attached hydrogens (tertiary/aromatic N) is 3. The van der Waals surface area contributed by atoms with E-state index in [0.29, 0.717) is 0 Å². The van der Waals surface area contributed by atoms with Gasteiger partial charge >= 0.3 is 0 Å². The number of anilines is 1. The van der Waals surface area contributed by atoms with Crippen LogP contribution in [0.5, 0.6) is 0 Å². The Morgan fingerprint density at radius 1 is 1.20 bits per heavy atom. The molecule has 0 bridgehead atoms. The van der Waals surface area contributed by atoms with Gasteiger partial charge < -0.3 is 10.2 Å². The van der Waals surface area contributed by atoms with Crippen LogP contribution in [0.4, 0.5) is 5.82 Å². The lowest BCUT2D eigenvalue weighted by Crippen LogP contribution is -2.41. The zero-order valence-electron chi connectivity index (χ0n) is 12.8. The van der Waals surface area contributed by atoms with E-state index in [4.69, 9.17) is 0 Å². The zero-order chi connectivity index (χ0) is 14.0. The maximum atomic E-state index is 4.63. The van der Waals surface area contributed by atoms with Crippen molar-refractivity contribution in [2.45, 2.75) is 57.9 Å². The average Bonchev–Trinajstić information content (AvgIpc) is 3.18. The maximum Gasteiger partial charge on any atom is 0.130 e. The van der Waals surface area contributed by atoms with E-state index in [2.05, 4.69) is 40.1 Å². The van der Waals surface area contributed by atoms with E-state index >= 15 is 0 Å². The Balaban J connectivity index is 1.65. The molecule has 0 atom stereocenters. The van der Waals surface area contributed by atoms with Crippen LogP contribution in [0, 0.1) is 6.92 Å². The van der Waals surface area contributed by atoms with Crippen LogP contribution in [0.2, 0.25) is 0 Å². The molecule has 0 spiro atoms. The van der Waals surface area contributed by atoms with Crippen molar-refractivity contribution in [3.8, 4) is 0 Å². The van der Waals surface area contributed by atoms with E-state index in [1.54, 1.807) is 0 Å². The van der Waals surface area contributed by atoms with Gasteiger partial charge in [0.25, 0.3) is 0 Å². The third kappa shape index (κ3) is 3.29. The molecule has 1 aliphatic heterocycles. The monoisotopic (exact) mass is 274 g/mol. The van der Waals surface area contributed by atoms with Gasteiger partial charge in [0.2, 0.25) is 0 Å². The number of piperidine rings is 1. The Hall–Kier alpha value is -1.16. The van der Waals surface area contributed by atoms with Gasteiger partial charge in [0.15, 0.2) is 0 Å². The van der Waals surface area contributed by atoms with Crippen molar-refractivity contribution in [1.82, 2.24) is 14.9 Å². The highest BCUT2D eigenvalue weighted by Crippen LogP contribution is 2.39. The lowest BCUT2D eigenvalue weighted by atomic mass is 10.1. The first-order valence-electron chi connectivity index (χ1n) is 8.04. The number of aromatic nitrogens is 2. The van der Waals surface area contributed by atoms with E-state index in [9.17, 15) is 0 Å². The van der Waals surface area contributed by atoms with E-state index in [-0.39, 0.29) is 5.54 Å². The highest BCUT2D eigenvalue weighted by molar-refractivity contribution is 5.42. The Morgan fingerprint density at radius 2 is 1.95 bits per heavy atom. The van der Waals surface area contributed by atoms with Crippen molar-refractivity contribution >= 4 is 5.82 Å². The van der Waals surface area contributed by atoms with Gasteiger partial charge in [0, 0.05) is 24.7 Å². The van der Waals surface area contributed by atoms with E-state index in [1.807, 2.05) is 0 Å². The van der Waals surface area contributed by atoms with E-state index in [0.717, 1.165) is 23.8 Å². The van der Waals surface area contributed by atoms with E-state index < -0.39 is 0 Å². The molecule has 0 amide bonds. The second-order valence-corrected chi connectivity index (χ2v) is 6.41. The normalized spacial score (nSPS) is 21.7. The van der Waals surface area contributed by atoms with Gasteiger partial charge in [-0.15, -0.1) is 0 Å². The standard InChI is InChI=1S/C16H26N4/c1-3-14-17-13(2)11-15(18-14)19-16(7-8-16)12-20-9-5-4-6-10-20/h11H,3-10,12H2,1-2H3,(H,17,18,19). The minimum absolute atomic E-state index is 0.281. The topological polar surface area (TPSA) is 41.1 Å². The molecule has 0 unspecified atom stereocenters. The first kappa shape index (κ1) is 13.8. The summed E-state index contributed by atoms with van der Waals surface area (Å²) < 4.78 is 0. The molecule has 1 saturated carbocycles. The Kier molecular flexibility index (Phi) is 3.92. The summed E-state index contributed by atoms with van der Waals surface area (Å²) in [6.45, 7) is 7.88. The third-order valence-corrected chi connectivity index (χ3v) is 4.44. The molecule has 0 aromatic carbocycles. The summed E-state index contributed by atoms with van der Waals surface area (Å²) in [5, 5.41) is 3.70.